The molecule has 0 N–H and O–H groups in total. The van der Waals surface area contributed by atoms with E-state index in [0.29, 0.717) is 17.5 Å². The fourth-order valence-corrected chi connectivity index (χ4v) is 7.32. The Labute approximate surface area is 290 Å². The minimum absolute atomic E-state index is 0.535. The fourth-order valence-electron chi connectivity index (χ4n) is 7.32. The van der Waals surface area contributed by atoms with E-state index in [0.717, 1.165) is 93.6 Å². The molecule has 0 unspecified atom stereocenters. The van der Waals surface area contributed by atoms with Crippen LogP contribution in [-0.2, 0) is 0 Å². The summed E-state index contributed by atoms with van der Waals surface area (Å²) in [5.41, 5.74) is 9.58. The maximum atomic E-state index is 6.61. The number of aromatic nitrogens is 3. The zero-order valence-electron chi connectivity index (χ0n) is 27.0. The Morgan fingerprint density at radius 3 is 1.57 bits per heavy atom. The van der Waals surface area contributed by atoms with Gasteiger partial charge in [0.2, 0.25) is 0 Å². The van der Waals surface area contributed by atoms with Crippen molar-refractivity contribution in [3.05, 3.63) is 152 Å². The number of rotatable bonds is 4. The highest BCUT2D eigenvalue weighted by molar-refractivity contribution is 6.13. The molecule has 0 fully saturated rings. The standard InChI is InChI=1S/C45H25N3O3/c1-2-10-26(11-3-1)43-46-44(28-21-23-39-35(25-28)31-13-5-6-18-37(31)49-39)48-45(47-43)34-17-9-16-33-36-24-27(20-22-40(36)51-42(33)34)29-14-8-15-32-30-12-4-7-19-38(30)50-41(29)32/h1-25H. The molecule has 11 aromatic rings. The normalized spacial score (nSPS) is 11.9. The number of furan rings is 3. The molecule has 0 aliphatic rings. The minimum atomic E-state index is 0.535. The van der Waals surface area contributed by atoms with Crippen molar-refractivity contribution in [2.24, 2.45) is 0 Å². The van der Waals surface area contributed by atoms with Crippen LogP contribution < -0.4 is 0 Å². The fraction of sp³-hybridized carbons (Fsp3) is 0. The molecule has 7 aromatic carbocycles. The average Bonchev–Trinajstić information content (AvgIpc) is 3.89. The van der Waals surface area contributed by atoms with Crippen LogP contribution in [0.3, 0.4) is 0 Å². The van der Waals surface area contributed by atoms with Gasteiger partial charge in [0.15, 0.2) is 17.5 Å². The summed E-state index contributed by atoms with van der Waals surface area (Å²) in [5.74, 6) is 1.69. The second-order valence-electron chi connectivity index (χ2n) is 12.8. The van der Waals surface area contributed by atoms with Gasteiger partial charge in [0.05, 0.1) is 5.56 Å². The number of benzene rings is 7. The lowest BCUT2D eigenvalue weighted by Gasteiger charge is -2.09. The largest absolute Gasteiger partial charge is 0.456 e. The van der Waals surface area contributed by atoms with Crippen molar-refractivity contribution in [1.82, 2.24) is 15.0 Å². The predicted octanol–water partition coefficient (Wildman–Crippen LogP) is 12.2. The molecule has 0 aliphatic heterocycles. The van der Waals surface area contributed by atoms with Crippen LogP contribution in [0.2, 0.25) is 0 Å². The first kappa shape index (κ1) is 27.9. The minimum Gasteiger partial charge on any atom is -0.456 e. The van der Waals surface area contributed by atoms with E-state index in [1.54, 1.807) is 0 Å². The van der Waals surface area contributed by atoms with Crippen molar-refractivity contribution in [2.75, 3.05) is 0 Å². The molecule has 6 nitrogen and oxygen atoms in total. The summed E-state index contributed by atoms with van der Waals surface area (Å²) < 4.78 is 19.1. The molecule has 238 valence electrons. The summed E-state index contributed by atoms with van der Waals surface area (Å²) in [7, 11) is 0. The van der Waals surface area contributed by atoms with Crippen molar-refractivity contribution in [3.8, 4) is 45.3 Å². The van der Waals surface area contributed by atoms with Gasteiger partial charge in [-0.25, -0.2) is 15.0 Å². The van der Waals surface area contributed by atoms with Crippen LogP contribution in [0, 0.1) is 0 Å². The number of fused-ring (bicyclic) bond motifs is 9. The highest BCUT2D eigenvalue weighted by atomic mass is 16.3. The van der Waals surface area contributed by atoms with E-state index in [9.17, 15) is 0 Å². The van der Waals surface area contributed by atoms with E-state index in [1.807, 2.05) is 97.1 Å². The molecule has 6 heteroatoms. The van der Waals surface area contributed by atoms with Gasteiger partial charge in [0.1, 0.15) is 33.5 Å². The maximum Gasteiger partial charge on any atom is 0.167 e. The molecule has 0 saturated heterocycles. The number of hydrogen-bond donors (Lipinski definition) is 0. The molecule has 0 bridgehead atoms. The SMILES string of the molecule is c1ccc(-c2nc(-c3ccc4oc5ccccc5c4c3)nc(-c3cccc4c3oc3ccc(-c5cccc6c5oc5ccccc56)cc34)n2)cc1. The van der Waals surface area contributed by atoms with E-state index in [4.69, 9.17) is 28.2 Å². The Morgan fingerprint density at radius 2 is 0.784 bits per heavy atom. The monoisotopic (exact) mass is 655 g/mol. The Bertz CT molecular complexity index is 3150. The van der Waals surface area contributed by atoms with E-state index < -0.39 is 0 Å². The lowest BCUT2D eigenvalue weighted by atomic mass is 10.00. The number of para-hydroxylation sites is 4. The van der Waals surface area contributed by atoms with Crippen molar-refractivity contribution in [1.29, 1.82) is 0 Å². The smallest absolute Gasteiger partial charge is 0.167 e. The highest BCUT2D eigenvalue weighted by Gasteiger charge is 2.20. The van der Waals surface area contributed by atoms with Gasteiger partial charge in [-0.3, -0.25) is 0 Å². The molecule has 11 rings (SSSR count). The van der Waals surface area contributed by atoms with Gasteiger partial charge in [-0.2, -0.15) is 0 Å². The van der Waals surface area contributed by atoms with Gasteiger partial charge in [-0.15, -0.1) is 0 Å². The summed E-state index contributed by atoms with van der Waals surface area (Å²) in [4.78, 5) is 15.1. The van der Waals surface area contributed by atoms with E-state index in [1.165, 1.54) is 0 Å². The third-order valence-corrected chi connectivity index (χ3v) is 9.76. The Balaban J connectivity index is 1.09. The Kier molecular flexibility index (Phi) is 5.86. The molecular formula is C45H25N3O3. The van der Waals surface area contributed by atoms with E-state index in [2.05, 4.69) is 54.6 Å². The Morgan fingerprint density at radius 1 is 0.294 bits per heavy atom. The van der Waals surface area contributed by atoms with Gasteiger partial charge in [-0.1, -0.05) is 103 Å². The lowest BCUT2D eigenvalue weighted by molar-refractivity contribution is 0.668. The average molecular weight is 656 g/mol. The molecule has 0 atom stereocenters. The van der Waals surface area contributed by atoms with Crippen LogP contribution >= 0.6 is 0 Å². The van der Waals surface area contributed by atoms with Crippen LogP contribution in [0.5, 0.6) is 0 Å². The maximum absolute atomic E-state index is 6.61. The second kappa shape index (κ2) is 10.7. The molecule has 0 saturated carbocycles. The van der Waals surface area contributed by atoms with Crippen LogP contribution in [0.25, 0.3) is 111 Å². The zero-order chi connectivity index (χ0) is 33.5. The van der Waals surface area contributed by atoms with Crippen LogP contribution in [0.15, 0.2) is 165 Å². The van der Waals surface area contributed by atoms with Gasteiger partial charge in [0, 0.05) is 49.0 Å². The lowest BCUT2D eigenvalue weighted by Crippen LogP contribution is -2.00. The van der Waals surface area contributed by atoms with Crippen molar-refractivity contribution < 1.29 is 13.3 Å². The third-order valence-electron chi connectivity index (χ3n) is 9.76. The van der Waals surface area contributed by atoms with Crippen LogP contribution in [0.4, 0.5) is 0 Å². The topological polar surface area (TPSA) is 78.1 Å². The summed E-state index contributed by atoms with van der Waals surface area (Å²) in [6.45, 7) is 0. The summed E-state index contributed by atoms with van der Waals surface area (Å²) in [6.07, 6.45) is 0. The predicted molar refractivity (Wildman–Crippen MR) is 203 cm³/mol. The summed E-state index contributed by atoms with van der Waals surface area (Å²) >= 11 is 0. The second-order valence-corrected chi connectivity index (χ2v) is 12.8. The Hall–Kier alpha value is -7.05. The molecule has 4 heterocycles. The molecule has 0 radical (unpaired) electrons. The molecule has 4 aromatic heterocycles. The molecule has 51 heavy (non-hydrogen) atoms. The van der Waals surface area contributed by atoms with Crippen molar-refractivity contribution in [2.45, 2.75) is 0 Å². The van der Waals surface area contributed by atoms with Gasteiger partial charge in [-0.05, 0) is 54.1 Å². The molecule has 0 amide bonds. The third kappa shape index (κ3) is 4.33. The number of nitrogens with zero attached hydrogens (tertiary/aromatic N) is 3. The summed E-state index contributed by atoms with van der Waals surface area (Å²) in [6, 6.07) is 51.1. The van der Waals surface area contributed by atoms with E-state index >= 15 is 0 Å². The van der Waals surface area contributed by atoms with Crippen LogP contribution in [-0.4, -0.2) is 15.0 Å². The quantitative estimate of drug-likeness (QED) is 0.188. The molecular weight excluding hydrogens is 631 g/mol. The first-order chi connectivity index (χ1) is 25.2. The highest BCUT2D eigenvalue weighted by Crippen LogP contribution is 2.41. The van der Waals surface area contributed by atoms with Gasteiger partial charge >= 0.3 is 0 Å². The molecule has 0 aliphatic carbocycles. The van der Waals surface area contributed by atoms with Crippen molar-refractivity contribution >= 4 is 65.8 Å². The van der Waals surface area contributed by atoms with Gasteiger partial charge in [0.25, 0.3) is 0 Å². The summed E-state index contributed by atoms with van der Waals surface area (Å²) in [5, 5.41) is 6.26. The first-order valence-corrected chi connectivity index (χ1v) is 16.8. The van der Waals surface area contributed by atoms with Crippen LogP contribution in [0.1, 0.15) is 0 Å². The van der Waals surface area contributed by atoms with Crippen molar-refractivity contribution in [3.63, 3.8) is 0 Å². The molecule has 0 spiro atoms. The number of hydrogen-bond acceptors (Lipinski definition) is 6. The zero-order valence-corrected chi connectivity index (χ0v) is 27.0. The first-order valence-electron chi connectivity index (χ1n) is 16.8. The van der Waals surface area contributed by atoms with Gasteiger partial charge < -0.3 is 13.3 Å². The van der Waals surface area contributed by atoms with E-state index in [-0.39, 0.29) is 0 Å².